The van der Waals surface area contributed by atoms with E-state index in [-0.39, 0.29) is 0 Å². The first-order valence-electron chi connectivity index (χ1n) is 14.1. The number of hydrogen-bond donors (Lipinski definition) is 1. The van der Waals surface area contributed by atoms with Crippen molar-refractivity contribution in [1.29, 1.82) is 0 Å². The number of ether oxygens (including phenoxy) is 2. The summed E-state index contributed by atoms with van der Waals surface area (Å²) in [5.41, 5.74) is 7.25. The lowest BCUT2D eigenvalue weighted by molar-refractivity contribution is -0.163. The number of nitrogens with zero attached hydrogens (tertiary/aromatic N) is 2. The highest BCUT2D eigenvalue weighted by Crippen LogP contribution is 2.45. The van der Waals surface area contributed by atoms with Crippen LogP contribution in [0, 0.1) is 13.8 Å². The van der Waals surface area contributed by atoms with Crippen LogP contribution in [0.25, 0.3) is 32.9 Å². The summed E-state index contributed by atoms with van der Waals surface area (Å²) in [5.74, 6) is -0.223. The third-order valence-corrected chi connectivity index (χ3v) is 8.00. The number of fused-ring (bicyclic) bond motifs is 1. The van der Waals surface area contributed by atoms with E-state index < -0.39 is 17.7 Å². The average Bonchev–Trinajstić information content (AvgIpc) is 2.95. The van der Waals surface area contributed by atoms with Crippen LogP contribution in [0.2, 0.25) is 0 Å². The molecule has 0 fully saturated rings. The quantitative estimate of drug-likeness (QED) is 0.216. The minimum absolute atomic E-state index is 0.625. The molecule has 0 amide bonds. The van der Waals surface area contributed by atoms with Crippen molar-refractivity contribution in [3.05, 3.63) is 101 Å². The Morgan fingerprint density at radius 2 is 1.88 bits per heavy atom. The molecule has 0 saturated heterocycles. The second-order valence-electron chi connectivity index (χ2n) is 11.5. The molecule has 0 aliphatic carbocycles. The van der Waals surface area contributed by atoms with Crippen molar-refractivity contribution in [3.8, 4) is 16.9 Å². The van der Waals surface area contributed by atoms with Crippen molar-refractivity contribution in [2.45, 2.75) is 58.7 Å². The molecular formula is C35H34N2O4. The van der Waals surface area contributed by atoms with E-state index in [2.05, 4.69) is 12.1 Å². The smallest absolute Gasteiger partial charge is 0.337 e. The molecule has 6 nitrogen and oxygen atoms in total. The molecule has 41 heavy (non-hydrogen) atoms. The van der Waals surface area contributed by atoms with Gasteiger partial charge in [-0.05, 0) is 93.1 Å². The molecule has 1 aliphatic heterocycles. The van der Waals surface area contributed by atoms with Crippen LogP contribution in [-0.2, 0) is 22.4 Å². The van der Waals surface area contributed by atoms with Gasteiger partial charge in [-0.15, -0.1) is 0 Å². The van der Waals surface area contributed by atoms with Gasteiger partial charge in [0.1, 0.15) is 5.75 Å². The van der Waals surface area contributed by atoms with Gasteiger partial charge in [-0.1, -0.05) is 36.4 Å². The summed E-state index contributed by atoms with van der Waals surface area (Å²) in [5, 5.41) is 12.5. The van der Waals surface area contributed by atoms with E-state index in [0.717, 1.165) is 62.8 Å². The van der Waals surface area contributed by atoms with Crippen LogP contribution in [0.1, 0.15) is 54.3 Å². The number of carboxylic acids is 1. The first kappa shape index (κ1) is 26.9. The second-order valence-corrected chi connectivity index (χ2v) is 11.5. The molecule has 1 unspecified atom stereocenters. The lowest BCUT2D eigenvalue weighted by Gasteiger charge is -2.31. The zero-order chi connectivity index (χ0) is 28.7. The lowest BCUT2D eigenvalue weighted by atomic mass is 9.86. The molecule has 1 aliphatic rings. The second kappa shape index (κ2) is 10.6. The molecule has 6 heteroatoms. The van der Waals surface area contributed by atoms with Crippen LogP contribution in [0.3, 0.4) is 0 Å². The van der Waals surface area contributed by atoms with E-state index in [4.69, 9.17) is 19.4 Å². The van der Waals surface area contributed by atoms with Crippen LogP contribution in [-0.4, -0.2) is 33.3 Å². The number of benzene rings is 3. The third kappa shape index (κ3) is 5.16. The molecule has 3 heterocycles. The number of pyridine rings is 2. The molecule has 5 aromatic rings. The van der Waals surface area contributed by atoms with E-state index >= 15 is 0 Å². The third-order valence-electron chi connectivity index (χ3n) is 8.00. The molecule has 0 radical (unpaired) electrons. The van der Waals surface area contributed by atoms with Gasteiger partial charge in [0.2, 0.25) is 0 Å². The van der Waals surface area contributed by atoms with Gasteiger partial charge in [0.15, 0.2) is 6.10 Å². The predicted molar refractivity (Wildman–Crippen MR) is 161 cm³/mol. The van der Waals surface area contributed by atoms with Crippen molar-refractivity contribution in [3.63, 3.8) is 0 Å². The van der Waals surface area contributed by atoms with E-state index in [1.165, 1.54) is 11.1 Å². The minimum Gasteiger partial charge on any atom is -0.493 e. The zero-order valence-corrected chi connectivity index (χ0v) is 23.9. The molecular weight excluding hydrogens is 512 g/mol. The van der Waals surface area contributed by atoms with Gasteiger partial charge in [0.25, 0.3) is 0 Å². The van der Waals surface area contributed by atoms with Crippen LogP contribution in [0.5, 0.6) is 5.75 Å². The number of carbonyl (C=O) groups is 1. The monoisotopic (exact) mass is 546 g/mol. The van der Waals surface area contributed by atoms with Gasteiger partial charge >= 0.3 is 5.97 Å². The number of aliphatic carboxylic acids is 1. The highest BCUT2D eigenvalue weighted by Gasteiger charge is 2.34. The van der Waals surface area contributed by atoms with Crippen molar-refractivity contribution in [2.24, 2.45) is 0 Å². The Bertz CT molecular complexity index is 1770. The van der Waals surface area contributed by atoms with E-state index in [1.54, 1.807) is 0 Å². The number of aromatic nitrogens is 2. The minimum atomic E-state index is -1.19. The van der Waals surface area contributed by atoms with E-state index in [1.807, 2.05) is 88.5 Å². The number of carboxylic acid groups (broad SMARTS) is 1. The van der Waals surface area contributed by atoms with Crippen molar-refractivity contribution in [1.82, 2.24) is 9.97 Å². The Kier molecular flexibility index (Phi) is 6.96. The van der Waals surface area contributed by atoms with Crippen LogP contribution in [0.15, 0.2) is 72.9 Å². The highest BCUT2D eigenvalue weighted by molar-refractivity contribution is 6.08. The van der Waals surface area contributed by atoms with Gasteiger partial charge < -0.3 is 14.6 Å². The average molecular weight is 547 g/mol. The molecule has 3 aromatic carbocycles. The standard InChI is InChI=1S/C35H34N2O4/c1-21-20-27-25(11-10-22(2)37-27)31(26-12-13-28-30-24(16-19-40-28)15-18-36-32(26)30)29(21)33(34(38)39)41-35(3,4)17-14-23-8-6-5-7-9-23/h5-13,15,18,20,33H,14,16-17,19H2,1-4H3,(H,38,39). The normalized spacial score (nSPS) is 13.8. The van der Waals surface area contributed by atoms with Gasteiger partial charge in [0.05, 0.1) is 23.2 Å². The summed E-state index contributed by atoms with van der Waals surface area (Å²) < 4.78 is 12.5. The summed E-state index contributed by atoms with van der Waals surface area (Å²) in [6.45, 7) is 8.46. The summed E-state index contributed by atoms with van der Waals surface area (Å²) >= 11 is 0. The number of aryl methyl sites for hydroxylation is 3. The largest absolute Gasteiger partial charge is 0.493 e. The SMILES string of the molecule is Cc1ccc2c(-c3ccc4c5c(ccnc35)CCO4)c(C(OC(C)(C)CCc3ccccc3)C(=O)O)c(C)cc2n1. The van der Waals surface area contributed by atoms with Gasteiger partial charge in [-0.25, -0.2) is 4.79 Å². The molecule has 2 aromatic heterocycles. The zero-order valence-electron chi connectivity index (χ0n) is 23.9. The first-order chi connectivity index (χ1) is 19.7. The topological polar surface area (TPSA) is 81.5 Å². The molecule has 1 N–H and O–H groups in total. The fraction of sp³-hybridized carbons (Fsp3) is 0.286. The Hall–Kier alpha value is -4.29. The Morgan fingerprint density at radius 3 is 2.66 bits per heavy atom. The molecule has 6 rings (SSSR count). The summed E-state index contributed by atoms with van der Waals surface area (Å²) in [7, 11) is 0. The van der Waals surface area contributed by atoms with Crippen molar-refractivity contribution < 1.29 is 19.4 Å². The summed E-state index contributed by atoms with van der Waals surface area (Å²) in [4.78, 5) is 22.7. The Morgan fingerprint density at radius 1 is 1.07 bits per heavy atom. The molecule has 0 saturated carbocycles. The molecule has 0 spiro atoms. The molecule has 0 bridgehead atoms. The van der Waals surface area contributed by atoms with E-state index in [9.17, 15) is 9.90 Å². The molecule has 208 valence electrons. The summed E-state index contributed by atoms with van der Waals surface area (Å²) in [6, 6.07) is 22.2. The number of hydrogen-bond acceptors (Lipinski definition) is 5. The summed E-state index contributed by atoms with van der Waals surface area (Å²) in [6.07, 6.45) is 2.89. The highest BCUT2D eigenvalue weighted by atomic mass is 16.5. The van der Waals surface area contributed by atoms with Gasteiger partial charge in [0, 0.05) is 40.2 Å². The van der Waals surface area contributed by atoms with Crippen LogP contribution >= 0.6 is 0 Å². The van der Waals surface area contributed by atoms with Gasteiger partial charge in [-0.3, -0.25) is 9.97 Å². The fourth-order valence-corrected chi connectivity index (χ4v) is 5.96. The lowest BCUT2D eigenvalue weighted by Crippen LogP contribution is -2.31. The maximum Gasteiger partial charge on any atom is 0.337 e. The number of rotatable bonds is 8. The van der Waals surface area contributed by atoms with Crippen LogP contribution in [0.4, 0.5) is 0 Å². The van der Waals surface area contributed by atoms with Crippen molar-refractivity contribution >= 4 is 27.8 Å². The Balaban J connectivity index is 1.54. The Labute approximate surface area is 240 Å². The van der Waals surface area contributed by atoms with Gasteiger partial charge in [-0.2, -0.15) is 0 Å². The molecule has 1 atom stereocenters. The fourth-order valence-electron chi connectivity index (χ4n) is 5.96. The maximum atomic E-state index is 13.0. The first-order valence-corrected chi connectivity index (χ1v) is 14.1. The van der Waals surface area contributed by atoms with Crippen molar-refractivity contribution in [2.75, 3.05) is 6.61 Å². The maximum absolute atomic E-state index is 13.0. The van der Waals surface area contributed by atoms with E-state index in [0.29, 0.717) is 18.6 Å². The predicted octanol–water partition coefficient (Wildman–Crippen LogP) is 7.56. The van der Waals surface area contributed by atoms with Crippen LogP contribution < -0.4 is 4.74 Å².